The van der Waals surface area contributed by atoms with Gasteiger partial charge in [-0.05, 0) is 33.0 Å². The van der Waals surface area contributed by atoms with Crippen LogP contribution in [0.4, 0.5) is 0 Å². The zero-order valence-corrected chi connectivity index (χ0v) is 10.1. The Kier molecular flexibility index (Phi) is 2.20. The summed E-state index contributed by atoms with van der Waals surface area (Å²) < 4.78 is 6.28. The standard InChI is InChI=1S/C11H13BrO2/c1-11(2,3)8-6-4-5-7(14-6)10(13)9(8)12/h4-7H,1-3H3/t6-,7+/m1/s1. The molecule has 76 valence electrons. The van der Waals surface area contributed by atoms with Crippen LogP contribution in [0.3, 0.4) is 0 Å². The monoisotopic (exact) mass is 256 g/mol. The maximum atomic E-state index is 11.8. The molecule has 0 amide bonds. The van der Waals surface area contributed by atoms with E-state index in [1.807, 2.05) is 12.2 Å². The zero-order chi connectivity index (χ0) is 10.5. The van der Waals surface area contributed by atoms with E-state index < -0.39 is 0 Å². The van der Waals surface area contributed by atoms with Crippen LogP contribution in [0.15, 0.2) is 22.2 Å². The molecule has 0 fully saturated rings. The van der Waals surface area contributed by atoms with Crippen LogP contribution in [0, 0.1) is 5.41 Å². The van der Waals surface area contributed by atoms with Gasteiger partial charge in [0.2, 0.25) is 5.78 Å². The Hall–Kier alpha value is -0.410. The Labute approximate surface area is 92.1 Å². The third-order valence-corrected chi connectivity index (χ3v) is 3.38. The summed E-state index contributed by atoms with van der Waals surface area (Å²) in [6, 6.07) is 0. The molecule has 14 heavy (non-hydrogen) atoms. The van der Waals surface area contributed by atoms with E-state index in [9.17, 15) is 4.79 Å². The number of ketones is 1. The van der Waals surface area contributed by atoms with Crippen LogP contribution in [-0.4, -0.2) is 18.0 Å². The van der Waals surface area contributed by atoms with Crippen LogP contribution in [0.2, 0.25) is 0 Å². The molecule has 0 radical (unpaired) electrons. The second-order valence-electron chi connectivity index (χ2n) is 4.70. The van der Waals surface area contributed by atoms with E-state index in [-0.39, 0.29) is 23.4 Å². The van der Waals surface area contributed by atoms with Gasteiger partial charge in [-0.2, -0.15) is 0 Å². The molecule has 0 saturated carbocycles. The maximum Gasteiger partial charge on any atom is 0.202 e. The van der Waals surface area contributed by atoms with Gasteiger partial charge >= 0.3 is 0 Å². The van der Waals surface area contributed by atoms with Gasteiger partial charge in [0, 0.05) is 0 Å². The first-order valence-corrected chi connectivity index (χ1v) is 5.48. The fourth-order valence-corrected chi connectivity index (χ4v) is 2.95. The predicted octanol–water partition coefficient (Wildman–Crippen LogP) is 2.59. The van der Waals surface area contributed by atoms with Gasteiger partial charge in [0.15, 0.2) is 0 Å². The molecule has 3 heteroatoms. The van der Waals surface area contributed by atoms with Crippen LogP contribution >= 0.6 is 15.9 Å². The lowest BCUT2D eigenvalue weighted by Crippen LogP contribution is -2.34. The molecular weight excluding hydrogens is 244 g/mol. The number of Topliss-reactive ketones (excluding diaryl/α,β-unsaturated/α-hetero) is 1. The SMILES string of the molecule is CC(C)(C)C1=C(Br)C(=O)[C@@H]2C=C[C@H]1O2. The lowest BCUT2D eigenvalue weighted by molar-refractivity contribution is -0.125. The Morgan fingerprint density at radius 2 is 1.86 bits per heavy atom. The van der Waals surface area contributed by atoms with Crippen LogP contribution < -0.4 is 0 Å². The quantitative estimate of drug-likeness (QED) is 0.623. The van der Waals surface area contributed by atoms with Gasteiger partial charge in [0.25, 0.3) is 0 Å². The van der Waals surface area contributed by atoms with E-state index >= 15 is 0 Å². The van der Waals surface area contributed by atoms with Crippen molar-refractivity contribution in [2.45, 2.75) is 33.0 Å². The summed E-state index contributed by atoms with van der Waals surface area (Å²) in [5.74, 6) is 0.0416. The number of carbonyl (C=O) groups is 1. The highest BCUT2D eigenvalue weighted by molar-refractivity contribution is 9.12. The van der Waals surface area contributed by atoms with Crippen molar-refractivity contribution in [3.8, 4) is 0 Å². The summed E-state index contributed by atoms with van der Waals surface area (Å²) in [5.41, 5.74) is 1.01. The van der Waals surface area contributed by atoms with Gasteiger partial charge < -0.3 is 4.74 Å². The van der Waals surface area contributed by atoms with Crippen LogP contribution in [-0.2, 0) is 9.53 Å². The number of hydrogen-bond donors (Lipinski definition) is 0. The number of ether oxygens (including phenoxy) is 1. The fourth-order valence-electron chi connectivity index (χ4n) is 1.90. The van der Waals surface area contributed by atoms with E-state index in [2.05, 4.69) is 36.7 Å². The van der Waals surface area contributed by atoms with Crippen molar-refractivity contribution in [3.63, 3.8) is 0 Å². The molecule has 0 aromatic heterocycles. The average molecular weight is 257 g/mol. The number of rotatable bonds is 0. The van der Waals surface area contributed by atoms with Gasteiger partial charge in [-0.15, -0.1) is 0 Å². The molecule has 2 atom stereocenters. The molecule has 0 aromatic rings. The fraction of sp³-hybridized carbons (Fsp3) is 0.545. The first-order valence-electron chi connectivity index (χ1n) is 4.69. The van der Waals surface area contributed by atoms with Gasteiger partial charge in [0.05, 0.1) is 4.48 Å². The van der Waals surface area contributed by atoms with Crippen LogP contribution in [0.5, 0.6) is 0 Å². The number of halogens is 1. The highest BCUT2D eigenvalue weighted by Gasteiger charge is 2.41. The number of carbonyl (C=O) groups excluding carboxylic acids is 1. The molecule has 2 aliphatic rings. The molecule has 2 nitrogen and oxygen atoms in total. The molecule has 0 unspecified atom stereocenters. The second kappa shape index (κ2) is 3.04. The third-order valence-electron chi connectivity index (χ3n) is 2.56. The minimum Gasteiger partial charge on any atom is -0.354 e. The number of fused-ring (bicyclic) bond motifs is 2. The highest BCUT2D eigenvalue weighted by atomic mass is 79.9. The lowest BCUT2D eigenvalue weighted by Gasteiger charge is -2.32. The highest BCUT2D eigenvalue weighted by Crippen LogP contribution is 2.41. The topological polar surface area (TPSA) is 26.3 Å². The maximum absolute atomic E-state index is 11.8. The zero-order valence-electron chi connectivity index (χ0n) is 8.50. The van der Waals surface area contributed by atoms with Crippen LogP contribution in [0.25, 0.3) is 0 Å². The van der Waals surface area contributed by atoms with E-state index in [0.29, 0.717) is 4.48 Å². The molecule has 2 aliphatic heterocycles. The summed E-state index contributed by atoms with van der Waals surface area (Å²) in [5, 5.41) is 0. The molecule has 2 heterocycles. The normalized spacial score (nSPS) is 31.6. The number of hydrogen-bond acceptors (Lipinski definition) is 2. The molecule has 0 aliphatic carbocycles. The molecule has 0 N–H and O–H groups in total. The van der Waals surface area contributed by atoms with Gasteiger partial charge in [-0.1, -0.05) is 26.8 Å². The van der Waals surface area contributed by atoms with Crippen molar-refractivity contribution in [3.05, 3.63) is 22.2 Å². The Morgan fingerprint density at radius 1 is 1.29 bits per heavy atom. The Bertz CT molecular complexity index is 347. The first-order chi connectivity index (χ1) is 6.41. The molecule has 0 saturated heterocycles. The molecular formula is C11H13BrO2. The average Bonchev–Trinajstić information content (AvgIpc) is 2.44. The molecule has 2 rings (SSSR count). The molecule has 0 spiro atoms. The summed E-state index contributed by atoms with van der Waals surface area (Å²) in [7, 11) is 0. The van der Waals surface area contributed by atoms with Gasteiger partial charge in [-0.3, -0.25) is 4.79 Å². The van der Waals surface area contributed by atoms with Crippen molar-refractivity contribution in [2.24, 2.45) is 5.41 Å². The van der Waals surface area contributed by atoms with E-state index in [4.69, 9.17) is 4.74 Å². The van der Waals surface area contributed by atoms with Crippen molar-refractivity contribution in [1.29, 1.82) is 0 Å². The van der Waals surface area contributed by atoms with Crippen molar-refractivity contribution in [2.75, 3.05) is 0 Å². The Balaban J connectivity index is 2.51. The Morgan fingerprint density at radius 3 is 2.43 bits per heavy atom. The molecule has 0 aromatic carbocycles. The van der Waals surface area contributed by atoms with E-state index in [0.717, 1.165) is 5.57 Å². The largest absolute Gasteiger partial charge is 0.354 e. The second-order valence-corrected chi connectivity index (χ2v) is 5.50. The van der Waals surface area contributed by atoms with Gasteiger partial charge in [-0.25, -0.2) is 0 Å². The summed E-state index contributed by atoms with van der Waals surface area (Å²) in [6.45, 7) is 6.27. The first kappa shape index (κ1) is 10.1. The lowest BCUT2D eigenvalue weighted by atomic mass is 9.82. The molecule has 2 bridgehead atoms. The van der Waals surface area contributed by atoms with Gasteiger partial charge in [0.1, 0.15) is 12.2 Å². The summed E-state index contributed by atoms with van der Waals surface area (Å²) in [4.78, 5) is 11.8. The summed E-state index contributed by atoms with van der Waals surface area (Å²) >= 11 is 3.39. The predicted molar refractivity (Wildman–Crippen MR) is 58.2 cm³/mol. The minimum atomic E-state index is -0.361. The van der Waals surface area contributed by atoms with Crippen LogP contribution in [0.1, 0.15) is 20.8 Å². The van der Waals surface area contributed by atoms with Crippen molar-refractivity contribution in [1.82, 2.24) is 0 Å². The van der Waals surface area contributed by atoms with Crippen molar-refractivity contribution < 1.29 is 9.53 Å². The van der Waals surface area contributed by atoms with E-state index in [1.165, 1.54) is 0 Å². The summed E-state index contributed by atoms with van der Waals surface area (Å²) in [6.07, 6.45) is 3.43. The van der Waals surface area contributed by atoms with E-state index in [1.54, 1.807) is 0 Å². The third kappa shape index (κ3) is 1.39. The minimum absolute atomic E-state index is 0.0212. The smallest absolute Gasteiger partial charge is 0.202 e. The van der Waals surface area contributed by atoms with Crippen molar-refractivity contribution >= 4 is 21.7 Å².